The molecule has 5 nitrogen and oxygen atoms in total. The molecule has 150 valence electrons. The second-order valence-corrected chi connectivity index (χ2v) is 8.88. The van der Waals surface area contributed by atoms with E-state index < -0.39 is 15.9 Å². The van der Waals surface area contributed by atoms with Gasteiger partial charge in [-0.3, -0.25) is 9.52 Å². The van der Waals surface area contributed by atoms with Crippen LogP contribution in [0.3, 0.4) is 0 Å². The predicted octanol–water partition coefficient (Wildman–Crippen LogP) is 5.32. The molecule has 3 rings (SSSR count). The number of carbonyl (C=O) groups is 1. The molecule has 0 atom stereocenters. The highest BCUT2D eigenvalue weighted by molar-refractivity contribution is 7.92. The van der Waals surface area contributed by atoms with Crippen molar-refractivity contribution in [3.63, 3.8) is 0 Å². The van der Waals surface area contributed by atoms with E-state index in [1.54, 1.807) is 56.3 Å². The van der Waals surface area contributed by atoms with E-state index >= 15 is 0 Å². The number of hydrogen-bond acceptors (Lipinski definition) is 3. The predicted molar refractivity (Wildman–Crippen MR) is 117 cm³/mol. The lowest BCUT2D eigenvalue weighted by Crippen LogP contribution is -2.17. The van der Waals surface area contributed by atoms with Gasteiger partial charge in [-0.2, -0.15) is 0 Å². The first-order chi connectivity index (χ1) is 13.7. The van der Waals surface area contributed by atoms with Crippen LogP contribution in [0.25, 0.3) is 0 Å². The number of anilines is 2. The molecule has 3 aromatic carbocycles. The molecule has 7 heteroatoms. The molecule has 0 aromatic heterocycles. The van der Waals surface area contributed by atoms with E-state index in [1.807, 2.05) is 19.1 Å². The minimum atomic E-state index is -3.85. The topological polar surface area (TPSA) is 75.3 Å². The molecule has 0 unspecified atom stereocenters. The molecule has 0 spiro atoms. The maximum absolute atomic E-state index is 12.9. The molecule has 29 heavy (non-hydrogen) atoms. The second-order valence-electron chi connectivity index (χ2n) is 6.82. The Hall–Kier alpha value is -2.83. The number of carbonyl (C=O) groups excluding carboxylic acids is 1. The Morgan fingerprint density at radius 3 is 2.31 bits per heavy atom. The van der Waals surface area contributed by atoms with Gasteiger partial charge in [0.15, 0.2) is 0 Å². The Balaban J connectivity index is 1.89. The summed E-state index contributed by atoms with van der Waals surface area (Å²) in [6, 6.07) is 16.8. The van der Waals surface area contributed by atoms with E-state index in [2.05, 4.69) is 10.0 Å². The Kier molecular flexibility index (Phi) is 5.96. The van der Waals surface area contributed by atoms with E-state index in [1.165, 1.54) is 6.07 Å². The number of sulfonamides is 1. The first-order valence-electron chi connectivity index (χ1n) is 8.94. The molecule has 0 heterocycles. The third-order valence-corrected chi connectivity index (χ3v) is 6.49. The van der Waals surface area contributed by atoms with Gasteiger partial charge in [-0.15, -0.1) is 0 Å². The molecule has 0 aliphatic carbocycles. The highest BCUT2D eigenvalue weighted by Gasteiger charge is 2.20. The van der Waals surface area contributed by atoms with Gasteiger partial charge in [0, 0.05) is 22.0 Å². The maximum atomic E-state index is 12.9. The summed E-state index contributed by atoms with van der Waals surface area (Å²) < 4.78 is 28.3. The zero-order chi connectivity index (χ0) is 21.2. The summed E-state index contributed by atoms with van der Waals surface area (Å²) in [4.78, 5) is 12.7. The van der Waals surface area contributed by atoms with Gasteiger partial charge in [0.1, 0.15) is 0 Å². The third-order valence-electron chi connectivity index (χ3n) is 4.56. The largest absolute Gasteiger partial charge is 0.322 e. The summed E-state index contributed by atoms with van der Waals surface area (Å²) in [6.07, 6.45) is 0. The first-order valence-corrected chi connectivity index (χ1v) is 10.8. The average molecular weight is 429 g/mol. The Bertz CT molecular complexity index is 1170. The van der Waals surface area contributed by atoms with Crippen molar-refractivity contribution < 1.29 is 13.2 Å². The van der Waals surface area contributed by atoms with Crippen molar-refractivity contribution >= 4 is 38.9 Å². The fourth-order valence-corrected chi connectivity index (χ4v) is 4.30. The van der Waals surface area contributed by atoms with Gasteiger partial charge in [-0.25, -0.2) is 8.42 Å². The molecule has 1 amide bonds. The number of amides is 1. The lowest BCUT2D eigenvalue weighted by Gasteiger charge is -2.13. The summed E-state index contributed by atoms with van der Waals surface area (Å²) in [7, 11) is -3.85. The highest BCUT2D eigenvalue weighted by Crippen LogP contribution is 2.25. The van der Waals surface area contributed by atoms with Crippen molar-refractivity contribution in [2.24, 2.45) is 0 Å². The SMILES string of the molecule is Cc1ccc(NS(=O)(=O)c2cc(C(=O)Nc3cccc(Cl)c3C)ccc2C)cc1. The van der Waals surface area contributed by atoms with Crippen LogP contribution < -0.4 is 10.0 Å². The lowest BCUT2D eigenvalue weighted by atomic mass is 10.1. The van der Waals surface area contributed by atoms with Crippen LogP contribution in [0.5, 0.6) is 0 Å². The van der Waals surface area contributed by atoms with E-state index in [9.17, 15) is 13.2 Å². The summed E-state index contributed by atoms with van der Waals surface area (Å²) >= 11 is 6.10. The van der Waals surface area contributed by atoms with E-state index in [0.29, 0.717) is 22.0 Å². The highest BCUT2D eigenvalue weighted by atomic mass is 35.5. The lowest BCUT2D eigenvalue weighted by molar-refractivity contribution is 0.102. The minimum absolute atomic E-state index is 0.0496. The number of rotatable bonds is 5. The molecule has 2 N–H and O–H groups in total. The molecule has 0 saturated carbocycles. The smallest absolute Gasteiger partial charge is 0.262 e. The normalized spacial score (nSPS) is 11.2. The van der Waals surface area contributed by atoms with Crippen LogP contribution in [-0.2, 0) is 10.0 Å². The van der Waals surface area contributed by atoms with Gasteiger partial charge in [-0.1, -0.05) is 41.4 Å². The van der Waals surface area contributed by atoms with Crippen LogP contribution in [0, 0.1) is 20.8 Å². The van der Waals surface area contributed by atoms with Crippen molar-refractivity contribution in [2.45, 2.75) is 25.7 Å². The quantitative estimate of drug-likeness (QED) is 0.577. The summed E-state index contributed by atoms with van der Waals surface area (Å²) in [5, 5.41) is 3.32. The second kappa shape index (κ2) is 8.27. The van der Waals surface area contributed by atoms with Crippen LogP contribution in [0.15, 0.2) is 65.6 Å². The zero-order valence-electron chi connectivity index (χ0n) is 16.3. The van der Waals surface area contributed by atoms with Crippen molar-refractivity contribution in [2.75, 3.05) is 10.0 Å². The number of benzene rings is 3. The molecular weight excluding hydrogens is 408 g/mol. The van der Waals surface area contributed by atoms with Crippen LogP contribution >= 0.6 is 11.6 Å². The Morgan fingerprint density at radius 1 is 0.931 bits per heavy atom. The van der Waals surface area contributed by atoms with E-state index in [-0.39, 0.29) is 10.5 Å². The zero-order valence-corrected chi connectivity index (χ0v) is 17.9. The number of aryl methyl sites for hydroxylation is 2. The van der Waals surface area contributed by atoms with Crippen LogP contribution in [0.2, 0.25) is 5.02 Å². The first kappa shape index (κ1) is 20.9. The van der Waals surface area contributed by atoms with Crippen LogP contribution in [-0.4, -0.2) is 14.3 Å². The van der Waals surface area contributed by atoms with Crippen molar-refractivity contribution in [1.29, 1.82) is 0 Å². The molecule has 0 saturated heterocycles. The monoisotopic (exact) mass is 428 g/mol. The fraction of sp³-hybridized carbons (Fsp3) is 0.136. The van der Waals surface area contributed by atoms with Crippen molar-refractivity contribution in [3.8, 4) is 0 Å². The number of nitrogens with one attached hydrogen (secondary N) is 2. The Labute approximate surface area is 175 Å². The van der Waals surface area contributed by atoms with Gasteiger partial charge in [0.2, 0.25) is 0 Å². The molecule has 3 aromatic rings. The van der Waals surface area contributed by atoms with Crippen molar-refractivity contribution in [1.82, 2.24) is 0 Å². The summed E-state index contributed by atoms with van der Waals surface area (Å²) in [6.45, 7) is 5.41. The Morgan fingerprint density at radius 2 is 1.62 bits per heavy atom. The van der Waals surface area contributed by atoms with Crippen LogP contribution in [0.4, 0.5) is 11.4 Å². The maximum Gasteiger partial charge on any atom is 0.262 e. The van der Waals surface area contributed by atoms with Crippen LogP contribution in [0.1, 0.15) is 27.0 Å². The van der Waals surface area contributed by atoms with E-state index in [4.69, 9.17) is 11.6 Å². The molecule has 0 aliphatic heterocycles. The molecule has 0 fully saturated rings. The standard InChI is InChI=1S/C22H21ClN2O3S/c1-14-7-11-18(12-8-14)25-29(27,28)21-13-17(10-9-15(21)2)22(26)24-20-6-4-5-19(23)16(20)3/h4-13,25H,1-3H3,(H,24,26). The number of hydrogen-bond donors (Lipinski definition) is 2. The van der Waals surface area contributed by atoms with Gasteiger partial charge < -0.3 is 5.32 Å². The molecular formula is C22H21ClN2O3S. The third kappa shape index (κ3) is 4.78. The summed E-state index contributed by atoms with van der Waals surface area (Å²) in [5.74, 6) is -0.415. The van der Waals surface area contributed by atoms with Crippen molar-refractivity contribution in [3.05, 3.63) is 87.9 Å². The van der Waals surface area contributed by atoms with Gasteiger partial charge >= 0.3 is 0 Å². The molecule has 0 bridgehead atoms. The van der Waals surface area contributed by atoms with Gasteiger partial charge in [0.25, 0.3) is 15.9 Å². The molecule has 0 radical (unpaired) electrons. The van der Waals surface area contributed by atoms with Gasteiger partial charge in [-0.05, 0) is 68.3 Å². The fourth-order valence-electron chi connectivity index (χ4n) is 2.80. The number of halogens is 1. The minimum Gasteiger partial charge on any atom is -0.322 e. The molecule has 0 aliphatic rings. The van der Waals surface area contributed by atoms with Gasteiger partial charge in [0.05, 0.1) is 4.90 Å². The average Bonchev–Trinajstić information content (AvgIpc) is 2.67. The van der Waals surface area contributed by atoms with E-state index in [0.717, 1.165) is 11.1 Å². The summed E-state index contributed by atoms with van der Waals surface area (Å²) in [5.41, 5.74) is 3.58.